The lowest BCUT2D eigenvalue weighted by Gasteiger charge is -2.15. The van der Waals surface area contributed by atoms with Crippen molar-refractivity contribution in [2.45, 2.75) is 38.1 Å². The maximum Gasteiger partial charge on any atom is 0.255 e. The number of benzene rings is 2. The fourth-order valence-corrected chi connectivity index (χ4v) is 5.99. The van der Waals surface area contributed by atoms with E-state index in [2.05, 4.69) is 10.4 Å². The highest BCUT2D eigenvalue weighted by Gasteiger charge is 2.32. The molecule has 0 spiro atoms. The number of ether oxygens (including phenoxy) is 1. The molecule has 1 aliphatic heterocycles. The third-order valence-electron chi connectivity index (χ3n) is 5.85. The molecule has 1 aromatic heterocycles. The Balaban J connectivity index is 1.48. The van der Waals surface area contributed by atoms with Crippen LogP contribution in [0.4, 0.5) is 5.69 Å². The Morgan fingerprint density at radius 3 is 2.45 bits per heavy atom. The maximum absolute atomic E-state index is 13.1. The summed E-state index contributed by atoms with van der Waals surface area (Å²) in [5, 5.41) is 7.35. The van der Waals surface area contributed by atoms with Gasteiger partial charge in [0.25, 0.3) is 5.91 Å². The molecule has 33 heavy (non-hydrogen) atoms. The van der Waals surface area contributed by atoms with Gasteiger partial charge in [-0.1, -0.05) is 18.2 Å². The molecule has 3 aromatic rings. The number of nitrogens with one attached hydrogen (secondary N) is 1. The minimum Gasteiger partial charge on any atom is -0.497 e. The van der Waals surface area contributed by atoms with E-state index in [0.29, 0.717) is 52.9 Å². The van der Waals surface area contributed by atoms with Crippen molar-refractivity contribution in [1.29, 1.82) is 0 Å². The highest BCUT2D eigenvalue weighted by Crippen LogP contribution is 2.27. The Kier molecular flexibility index (Phi) is 6.53. The molecule has 2 heterocycles. The number of sulfonamides is 1. The molecule has 0 aliphatic carbocycles. The molecule has 1 saturated heterocycles. The van der Waals surface area contributed by atoms with Crippen molar-refractivity contribution < 1.29 is 17.9 Å². The Morgan fingerprint density at radius 1 is 1.09 bits per heavy atom. The second-order valence-electron chi connectivity index (χ2n) is 8.15. The minimum atomic E-state index is -3.54. The van der Waals surface area contributed by atoms with E-state index in [-0.39, 0.29) is 5.91 Å². The molecule has 2 aromatic carbocycles. The Bertz CT molecular complexity index is 1260. The van der Waals surface area contributed by atoms with Gasteiger partial charge >= 0.3 is 0 Å². The summed E-state index contributed by atoms with van der Waals surface area (Å²) < 4.78 is 34.6. The van der Waals surface area contributed by atoms with Crippen molar-refractivity contribution in [1.82, 2.24) is 14.1 Å². The van der Waals surface area contributed by atoms with Gasteiger partial charge in [0, 0.05) is 30.4 Å². The summed E-state index contributed by atoms with van der Waals surface area (Å²) >= 11 is 0. The summed E-state index contributed by atoms with van der Waals surface area (Å²) in [5.41, 5.74) is 3.22. The standard InChI is InChI=1S/C24H28N4O4S/c1-17-23(33(30,31)27-13-4-5-14-27)18(2)28(26-17)16-19-9-11-20(12-10-19)24(29)25-21-7-6-8-22(15-21)32-3/h6-12,15H,4-5,13-14,16H2,1-3H3,(H,25,29). The van der Waals surface area contributed by atoms with Gasteiger partial charge in [-0.15, -0.1) is 0 Å². The zero-order valence-corrected chi connectivity index (χ0v) is 19.9. The number of carbonyl (C=O) groups is 1. The second kappa shape index (κ2) is 9.36. The second-order valence-corrected chi connectivity index (χ2v) is 10.0. The normalized spacial score (nSPS) is 14.4. The smallest absolute Gasteiger partial charge is 0.255 e. The summed E-state index contributed by atoms with van der Waals surface area (Å²) in [4.78, 5) is 12.9. The summed E-state index contributed by atoms with van der Waals surface area (Å²) in [6.45, 7) is 5.06. The molecule has 0 bridgehead atoms. The van der Waals surface area contributed by atoms with Crippen LogP contribution >= 0.6 is 0 Å². The first-order valence-electron chi connectivity index (χ1n) is 10.9. The van der Waals surface area contributed by atoms with E-state index in [1.165, 1.54) is 0 Å². The minimum absolute atomic E-state index is 0.222. The summed E-state index contributed by atoms with van der Waals surface area (Å²) in [6, 6.07) is 14.4. The number of carbonyl (C=O) groups excluding carboxylic acids is 1. The first kappa shape index (κ1) is 23.0. The van der Waals surface area contributed by atoms with E-state index in [4.69, 9.17) is 4.74 Å². The molecule has 0 atom stereocenters. The van der Waals surface area contributed by atoms with Crippen molar-refractivity contribution >= 4 is 21.6 Å². The Morgan fingerprint density at radius 2 is 1.79 bits per heavy atom. The van der Waals surface area contributed by atoms with Crippen LogP contribution in [0.3, 0.4) is 0 Å². The van der Waals surface area contributed by atoms with Gasteiger partial charge in [0.2, 0.25) is 10.0 Å². The van der Waals surface area contributed by atoms with Crippen molar-refractivity contribution in [3.05, 3.63) is 71.0 Å². The molecule has 0 unspecified atom stereocenters. The van der Waals surface area contributed by atoms with Crippen LogP contribution in [-0.4, -0.2) is 48.6 Å². The van der Waals surface area contributed by atoms with Crippen molar-refractivity contribution in [3.63, 3.8) is 0 Å². The van der Waals surface area contributed by atoms with E-state index in [9.17, 15) is 13.2 Å². The van der Waals surface area contributed by atoms with Crippen LogP contribution in [0.2, 0.25) is 0 Å². The van der Waals surface area contributed by atoms with Crippen LogP contribution in [-0.2, 0) is 16.6 Å². The number of nitrogens with zero attached hydrogens (tertiary/aromatic N) is 3. The number of aromatic nitrogens is 2. The van der Waals surface area contributed by atoms with E-state index in [0.717, 1.165) is 18.4 Å². The SMILES string of the molecule is COc1cccc(NC(=O)c2ccc(Cn3nc(C)c(S(=O)(=O)N4CCCC4)c3C)cc2)c1. The number of hydrogen-bond donors (Lipinski definition) is 1. The van der Waals surface area contributed by atoms with Crippen LogP contribution < -0.4 is 10.1 Å². The van der Waals surface area contributed by atoms with Gasteiger partial charge in [0.15, 0.2) is 0 Å². The largest absolute Gasteiger partial charge is 0.497 e. The lowest BCUT2D eigenvalue weighted by atomic mass is 10.1. The van der Waals surface area contributed by atoms with E-state index < -0.39 is 10.0 Å². The molecule has 9 heteroatoms. The first-order valence-corrected chi connectivity index (χ1v) is 12.3. The first-order chi connectivity index (χ1) is 15.8. The van der Waals surface area contributed by atoms with Crippen molar-refractivity contribution in [3.8, 4) is 5.75 Å². The van der Waals surface area contributed by atoms with E-state index >= 15 is 0 Å². The van der Waals surface area contributed by atoms with Gasteiger partial charge < -0.3 is 10.1 Å². The molecule has 1 fully saturated rings. The molecule has 1 amide bonds. The van der Waals surface area contributed by atoms with Crippen LogP contribution in [0.15, 0.2) is 53.4 Å². The number of aryl methyl sites for hydroxylation is 1. The number of rotatable bonds is 7. The van der Waals surface area contributed by atoms with Gasteiger partial charge in [0.1, 0.15) is 10.6 Å². The Labute approximate surface area is 194 Å². The molecule has 8 nitrogen and oxygen atoms in total. The molecule has 1 N–H and O–H groups in total. The van der Waals surface area contributed by atoms with Gasteiger partial charge in [-0.25, -0.2) is 8.42 Å². The van der Waals surface area contributed by atoms with E-state index in [1.54, 1.807) is 54.2 Å². The predicted octanol–water partition coefficient (Wildman–Crippen LogP) is 3.59. The lowest BCUT2D eigenvalue weighted by molar-refractivity contribution is 0.102. The molecule has 174 valence electrons. The van der Waals surface area contributed by atoms with Gasteiger partial charge in [-0.3, -0.25) is 9.48 Å². The summed E-state index contributed by atoms with van der Waals surface area (Å²) in [6.07, 6.45) is 1.78. The average molecular weight is 469 g/mol. The van der Waals surface area contributed by atoms with Crippen molar-refractivity contribution in [2.24, 2.45) is 0 Å². The fourth-order valence-electron chi connectivity index (χ4n) is 4.10. The zero-order valence-electron chi connectivity index (χ0n) is 19.0. The summed E-state index contributed by atoms with van der Waals surface area (Å²) in [5.74, 6) is 0.444. The highest BCUT2D eigenvalue weighted by atomic mass is 32.2. The van der Waals surface area contributed by atoms with Gasteiger partial charge in [0.05, 0.1) is 25.0 Å². The molecule has 4 rings (SSSR count). The molecule has 0 radical (unpaired) electrons. The maximum atomic E-state index is 13.1. The molecule has 1 aliphatic rings. The average Bonchev–Trinajstić information content (AvgIpc) is 3.43. The zero-order chi connectivity index (χ0) is 23.6. The number of hydrogen-bond acceptors (Lipinski definition) is 5. The number of amides is 1. The number of methoxy groups -OCH3 is 1. The molecular formula is C24H28N4O4S. The fraction of sp³-hybridized carbons (Fsp3) is 0.333. The van der Waals surface area contributed by atoms with Crippen LogP contribution in [0, 0.1) is 13.8 Å². The van der Waals surface area contributed by atoms with Gasteiger partial charge in [-0.2, -0.15) is 9.40 Å². The van der Waals surface area contributed by atoms with Crippen LogP contribution in [0.25, 0.3) is 0 Å². The quantitative estimate of drug-likeness (QED) is 0.572. The third kappa shape index (κ3) is 4.79. The topological polar surface area (TPSA) is 93.5 Å². The Hall–Kier alpha value is -3.17. The van der Waals surface area contributed by atoms with E-state index in [1.807, 2.05) is 24.3 Å². The van der Waals surface area contributed by atoms with Gasteiger partial charge in [-0.05, 0) is 56.5 Å². The third-order valence-corrected chi connectivity index (χ3v) is 8.01. The number of anilines is 1. The van der Waals surface area contributed by atoms with Crippen LogP contribution in [0.5, 0.6) is 5.75 Å². The monoisotopic (exact) mass is 468 g/mol. The molecule has 0 saturated carbocycles. The van der Waals surface area contributed by atoms with Crippen molar-refractivity contribution in [2.75, 3.05) is 25.5 Å². The molecular weight excluding hydrogens is 440 g/mol. The lowest BCUT2D eigenvalue weighted by Crippen LogP contribution is -2.28. The predicted molar refractivity (Wildman–Crippen MR) is 126 cm³/mol. The summed E-state index contributed by atoms with van der Waals surface area (Å²) in [7, 11) is -1.96. The van der Waals surface area contributed by atoms with Crippen LogP contribution in [0.1, 0.15) is 40.2 Å². The highest BCUT2D eigenvalue weighted by molar-refractivity contribution is 7.89.